The number of rotatable bonds is 5. The van der Waals surface area contributed by atoms with E-state index >= 15 is 0 Å². The molecule has 0 aliphatic heterocycles. The summed E-state index contributed by atoms with van der Waals surface area (Å²) in [5.41, 5.74) is -0.0459. The molecule has 0 spiro atoms. The van der Waals surface area contributed by atoms with Crippen LogP contribution in [0.2, 0.25) is 0 Å². The SMILES string of the molecule is CCS[C@H]1CCC[C@@H]1NCc1nc(C(C)(C)C)no1. The molecule has 1 aliphatic carbocycles. The minimum absolute atomic E-state index is 0.0459. The van der Waals surface area contributed by atoms with Gasteiger partial charge in [-0.15, -0.1) is 0 Å². The Morgan fingerprint density at radius 2 is 2.16 bits per heavy atom. The predicted molar refractivity (Wildman–Crippen MR) is 79.4 cm³/mol. The maximum absolute atomic E-state index is 5.32. The van der Waals surface area contributed by atoms with Crippen LogP contribution in [-0.4, -0.2) is 27.2 Å². The molecule has 2 atom stereocenters. The summed E-state index contributed by atoms with van der Waals surface area (Å²) in [7, 11) is 0. The lowest BCUT2D eigenvalue weighted by Crippen LogP contribution is -2.33. The van der Waals surface area contributed by atoms with Crippen molar-refractivity contribution in [2.45, 2.75) is 70.2 Å². The van der Waals surface area contributed by atoms with Crippen LogP contribution >= 0.6 is 11.8 Å². The monoisotopic (exact) mass is 283 g/mol. The van der Waals surface area contributed by atoms with Gasteiger partial charge < -0.3 is 9.84 Å². The number of thioether (sulfide) groups is 1. The Hall–Kier alpha value is -0.550. The van der Waals surface area contributed by atoms with Gasteiger partial charge in [-0.1, -0.05) is 39.3 Å². The van der Waals surface area contributed by atoms with Gasteiger partial charge in [0.15, 0.2) is 5.82 Å². The minimum atomic E-state index is -0.0459. The summed E-state index contributed by atoms with van der Waals surface area (Å²) in [6, 6.07) is 0.593. The van der Waals surface area contributed by atoms with Crippen molar-refractivity contribution in [2.24, 2.45) is 0 Å². The Bertz CT molecular complexity index is 400. The first-order valence-corrected chi connectivity index (χ1v) is 8.23. The molecule has 0 bridgehead atoms. The quantitative estimate of drug-likeness (QED) is 0.899. The zero-order valence-electron chi connectivity index (χ0n) is 12.4. The van der Waals surface area contributed by atoms with Crippen LogP contribution in [0.25, 0.3) is 0 Å². The summed E-state index contributed by atoms with van der Waals surface area (Å²) in [4.78, 5) is 4.47. The highest BCUT2D eigenvalue weighted by molar-refractivity contribution is 7.99. The molecule has 1 aromatic heterocycles. The van der Waals surface area contributed by atoms with Crippen LogP contribution < -0.4 is 5.32 Å². The summed E-state index contributed by atoms with van der Waals surface area (Å²) in [5, 5.41) is 8.38. The predicted octanol–water partition coefficient (Wildman–Crippen LogP) is 3.13. The Morgan fingerprint density at radius 1 is 1.37 bits per heavy atom. The highest BCUT2D eigenvalue weighted by atomic mass is 32.2. The van der Waals surface area contributed by atoms with E-state index in [9.17, 15) is 0 Å². The molecule has 0 amide bonds. The third-order valence-corrected chi connectivity index (χ3v) is 4.81. The Kier molecular flexibility index (Phi) is 4.90. The molecule has 19 heavy (non-hydrogen) atoms. The average molecular weight is 283 g/mol. The lowest BCUT2D eigenvalue weighted by molar-refractivity contribution is 0.347. The fraction of sp³-hybridized carbons (Fsp3) is 0.857. The molecule has 0 unspecified atom stereocenters. The second-order valence-corrected chi connectivity index (χ2v) is 7.69. The van der Waals surface area contributed by atoms with Crippen LogP contribution in [0.4, 0.5) is 0 Å². The first-order chi connectivity index (χ1) is 9.00. The van der Waals surface area contributed by atoms with Gasteiger partial charge in [-0.2, -0.15) is 16.7 Å². The van der Waals surface area contributed by atoms with Gasteiger partial charge in [0.25, 0.3) is 0 Å². The second kappa shape index (κ2) is 6.27. The van der Waals surface area contributed by atoms with Gasteiger partial charge in [0.05, 0.1) is 6.54 Å². The van der Waals surface area contributed by atoms with E-state index in [1.165, 1.54) is 25.0 Å². The Labute approximate surface area is 120 Å². The van der Waals surface area contributed by atoms with Crippen molar-refractivity contribution in [1.29, 1.82) is 0 Å². The molecule has 0 aromatic carbocycles. The van der Waals surface area contributed by atoms with Crippen LogP contribution in [0.15, 0.2) is 4.52 Å². The molecule has 108 valence electrons. The van der Waals surface area contributed by atoms with E-state index in [-0.39, 0.29) is 5.41 Å². The van der Waals surface area contributed by atoms with Crippen molar-refractivity contribution in [2.75, 3.05) is 5.75 Å². The molecule has 1 fully saturated rings. The summed E-state index contributed by atoms with van der Waals surface area (Å²) in [6.07, 6.45) is 3.91. The van der Waals surface area contributed by atoms with Gasteiger partial charge >= 0.3 is 0 Å². The fourth-order valence-corrected chi connectivity index (χ4v) is 3.65. The van der Waals surface area contributed by atoms with Crippen molar-refractivity contribution >= 4 is 11.8 Å². The van der Waals surface area contributed by atoms with Gasteiger partial charge in [-0.05, 0) is 18.6 Å². The van der Waals surface area contributed by atoms with Crippen LogP contribution in [0, 0.1) is 0 Å². The zero-order chi connectivity index (χ0) is 13.9. The average Bonchev–Trinajstić information content (AvgIpc) is 2.94. The van der Waals surface area contributed by atoms with Crippen molar-refractivity contribution in [1.82, 2.24) is 15.5 Å². The first-order valence-electron chi connectivity index (χ1n) is 7.18. The minimum Gasteiger partial charge on any atom is -0.338 e. The van der Waals surface area contributed by atoms with E-state index in [1.54, 1.807) is 0 Å². The van der Waals surface area contributed by atoms with Gasteiger partial charge in [-0.25, -0.2) is 0 Å². The smallest absolute Gasteiger partial charge is 0.240 e. The van der Waals surface area contributed by atoms with Gasteiger partial charge in [-0.3, -0.25) is 0 Å². The van der Waals surface area contributed by atoms with Gasteiger partial charge in [0.2, 0.25) is 5.89 Å². The number of nitrogens with one attached hydrogen (secondary N) is 1. The highest BCUT2D eigenvalue weighted by Crippen LogP contribution is 2.30. The molecule has 1 N–H and O–H groups in total. The van der Waals surface area contributed by atoms with E-state index in [2.05, 4.69) is 54.9 Å². The molecular weight excluding hydrogens is 258 g/mol. The molecule has 0 saturated heterocycles. The summed E-state index contributed by atoms with van der Waals surface area (Å²) >= 11 is 2.06. The molecule has 1 saturated carbocycles. The summed E-state index contributed by atoms with van der Waals surface area (Å²) in [6.45, 7) is 9.21. The first kappa shape index (κ1) is 14.9. The van der Waals surface area contributed by atoms with E-state index in [4.69, 9.17) is 4.52 Å². The van der Waals surface area contributed by atoms with Crippen LogP contribution in [0.1, 0.15) is 58.7 Å². The Balaban J connectivity index is 1.87. The van der Waals surface area contributed by atoms with Crippen molar-refractivity contribution in [3.8, 4) is 0 Å². The number of hydrogen-bond donors (Lipinski definition) is 1. The standard InChI is InChI=1S/C14H25N3OS/c1-5-19-11-8-6-7-10(11)15-9-12-16-13(17-18-12)14(2,3)4/h10-11,15H,5-9H2,1-4H3/t10-,11-/m0/s1. The van der Waals surface area contributed by atoms with Crippen molar-refractivity contribution in [3.63, 3.8) is 0 Å². The third kappa shape index (κ3) is 3.96. The second-order valence-electron chi connectivity index (χ2n) is 6.17. The maximum atomic E-state index is 5.32. The number of aromatic nitrogens is 2. The molecule has 2 rings (SSSR count). The number of nitrogens with zero attached hydrogens (tertiary/aromatic N) is 2. The maximum Gasteiger partial charge on any atom is 0.240 e. The summed E-state index contributed by atoms with van der Waals surface area (Å²) < 4.78 is 5.32. The fourth-order valence-electron chi connectivity index (χ4n) is 2.42. The molecule has 5 heteroatoms. The normalized spacial score (nSPS) is 24.0. The zero-order valence-corrected chi connectivity index (χ0v) is 13.2. The largest absolute Gasteiger partial charge is 0.338 e. The lowest BCUT2D eigenvalue weighted by Gasteiger charge is -2.19. The molecule has 1 aromatic rings. The van der Waals surface area contributed by atoms with Crippen molar-refractivity contribution in [3.05, 3.63) is 11.7 Å². The molecule has 1 aliphatic rings. The summed E-state index contributed by atoms with van der Waals surface area (Å²) in [5.74, 6) is 2.68. The molecule has 0 radical (unpaired) electrons. The molecule has 4 nitrogen and oxygen atoms in total. The Morgan fingerprint density at radius 3 is 2.79 bits per heavy atom. The van der Waals surface area contributed by atoms with E-state index in [0.717, 1.165) is 11.1 Å². The lowest BCUT2D eigenvalue weighted by atomic mass is 9.96. The van der Waals surface area contributed by atoms with Crippen LogP contribution in [0.5, 0.6) is 0 Å². The number of hydrogen-bond acceptors (Lipinski definition) is 5. The van der Waals surface area contributed by atoms with Crippen LogP contribution in [0.3, 0.4) is 0 Å². The molecular formula is C14H25N3OS. The van der Waals surface area contributed by atoms with Gasteiger partial charge in [0, 0.05) is 16.7 Å². The van der Waals surface area contributed by atoms with E-state index in [0.29, 0.717) is 18.5 Å². The topological polar surface area (TPSA) is 51.0 Å². The van der Waals surface area contributed by atoms with Gasteiger partial charge in [0.1, 0.15) is 0 Å². The van der Waals surface area contributed by atoms with E-state index < -0.39 is 0 Å². The molecule has 1 heterocycles. The highest BCUT2D eigenvalue weighted by Gasteiger charge is 2.27. The van der Waals surface area contributed by atoms with Crippen LogP contribution in [-0.2, 0) is 12.0 Å². The van der Waals surface area contributed by atoms with E-state index in [1.807, 2.05) is 0 Å². The van der Waals surface area contributed by atoms with Crippen molar-refractivity contribution < 1.29 is 4.52 Å². The third-order valence-electron chi connectivity index (χ3n) is 3.49.